The highest BCUT2D eigenvalue weighted by molar-refractivity contribution is 5.50. The van der Waals surface area contributed by atoms with Crippen LogP contribution in [0, 0.1) is 5.41 Å². The first kappa shape index (κ1) is 18.1. The molecule has 0 spiro atoms. The zero-order valence-electron chi connectivity index (χ0n) is 15.6. The lowest BCUT2D eigenvalue weighted by molar-refractivity contribution is -0.657. The van der Waals surface area contributed by atoms with Crippen molar-refractivity contribution in [3.63, 3.8) is 0 Å². The highest BCUT2D eigenvalue weighted by Gasteiger charge is 2.18. The average Bonchev–Trinajstić information content (AvgIpc) is 2.82. The molecule has 2 rings (SSSR count). The minimum atomic E-state index is 0.211. The van der Waals surface area contributed by atoms with Crippen LogP contribution in [0.25, 0.3) is 0 Å². The third-order valence-corrected chi connectivity index (χ3v) is 3.78. The predicted molar refractivity (Wildman–Crippen MR) is 98.0 cm³/mol. The normalized spacial score (nSPS) is 12.3. The first-order valence-corrected chi connectivity index (χ1v) is 8.18. The van der Waals surface area contributed by atoms with Gasteiger partial charge >= 0.3 is 5.95 Å². The Hall–Kier alpha value is -2.21. The number of nitrogens with zero attached hydrogens (tertiary/aromatic N) is 5. The van der Waals surface area contributed by atoms with E-state index < -0.39 is 0 Å². The predicted octanol–water partition coefficient (Wildman–Crippen LogP) is 3.26. The van der Waals surface area contributed by atoms with Gasteiger partial charge in [-0.2, -0.15) is 0 Å². The van der Waals surface area contributed by atoms with Gasteiger partial charge in [-0.25, -0.2) is 9.13 Å². The van der Waals surface area contributed by atoms with E-state index in [0.29, 0.717) is 0 Å². The van der Waals surface area contributed by atoms with Crippen molar-refractivity contribution in [3.05, 3.63) is 36.7 Å². The Labute approximate surface area is 144 Å². The summed E-state index contributed by atoms with van der Waals surface area (Å²) >= 11 is 0. The molecule has 1 N–H and O–H groups in total. The van der Waals surface area contributed by atoms with E-state index in [2.05, 4.69) is 48.4 Å². The second kappa shape index (κ2) is 7.57. The van der Waals surface area contributed by atoms with Gasteiger partial charge in [0.05, 0.1) is 26.5 Å². The Morgan fingerprint density at radius 2 is 1.83 bits per heavy atom. The third-order valence-electron chi connectivity index (χ3n) is 3.78. The molecule has 1 heterocycles. The smallest absolute Gasteiger partial charge is 0.384 e. The molecule has 0 bridgehead atoms. The molecular formula is C18H29N6+. The largest absolute Gasteiger partial charge is 0.421 e. The molecular weight excluding hydrogens is 300 g/mol. The van der Waals surface area contributed by atoms with E-state index in [9.17, 15) is 0 Å². The molecule has 0 aliphatic rings. The molecule has 0 fully saturated rings. The van der Waals surface area contributed by atoms with Gasteiger partial charge in [0.25, 0.3) is 0 Å². The van der Waals surface area contributed by atoms with Crippen LogP contribution in [0.4, 0.5) is 17.3 Å². The van der Waals surface area contributed by atoms with Gasteiger partial charge in [-0.1, -0.05) is 19.0 Å². The first-order chi connectivity index (χ1) is 11.3. The van der Waals surface area contributed by atoms with Gasteiger partial charge in [-0.05, 0) is 43.8 Å². The van der Waals surface area contributed by atoms with Crippen molar-refractivity contribution in [3.8, 4) is 0 Å². The summed E-state index contributed by atoms with van der Waals surface area (Å²) in [6.45, 7) is 6.50. The molecule has 0 aliphatic heterocycles. The average molecular weight is 329 g/mol. The molecule has 0 atom stereocenters. The van der Waals surface area contributed by atoms with Crippen LogP contribution in [0.1, 0.15) is 13.8 Å². The number of hydrogen-bond acceptors (Lipinski definition) is 4. The van der Waals surface area contributed by atoms with Gasteiger partial charge < -0.3 is 10.2 Å². The molecule has 1 aromatic carbocycles. The van der Waals surface area contributed by atoms with E-state index in [-0.39, 0.29) is 5.41 Å². The van der Waals surface area contributed by atoms with Crippen LogP contribution in [0.2, 0.25) is 0 Å². The van der Waals surface area contributed by atoms with Crippen molar-refractivity contribution in [2.24, 2.45) is 29.7 Å². The van der Waals surface area contributed by atoms with Gasteiger partial charge in [-0.3, -0.25) is 0 Å². The van der Waals surface area contributed by atoms with Crippen molar-refractivity contribution >= 4 is 17.3 Å². The number of anilines is 1. The maximum Gasteiger partial charge on any atom is 0.421 e. The van der Waals surface area contributed by atoms with Gasteiger partial charge in [-0.15, -0.1) is 0 Å². The van der Waals surface area contributed by atoms with Crippen LogP contribution in [0.5, 0.6) is 0 Å². The van der Waals surface area contributed by atoms with Gasteiger partial charge in [0.15, 0.2) is 0 Å². The van der Waals surface area contributed by atoms with Crippen LogP contribution < -0.4 is 9.88 Å². The van der Waals surface area contributed by atoms with Gasteiger partial charge in [0.1, 0.15) is 5.69 Å². The van der Waals surface area contributed by atoms with Crippen molar-refractivity contribution in [1.29, 1.82) is 0 Å². The number of rotatable bonds is 7. The maximum atomic E-state index is 4.31. The Bertz CT molecular complexity index is 663. The Kier molecular flexibility index (Phi) is 5.72. The molecule has 1 aromatic heterocycles. The van der Waals surface area contributed by atoms with Crippen LogP contribution in [0.15, 0.2) is 46.9 Å². The summed E-state index contributed by atoms with van der Waals surface area (Å²) in [5, 5.41) is 12.1. The number of aromatic nitrogens is 2. The van der Waals surface area contributed by atoms with Gasteiger partial charge in [0, 0.05) is 23.9 Å². The molecule has 130 valence electrons. The monoisotopic (exact) mass is 329 g/mol. The fourth-order valence-electron chi connectivity index (χ4n) is 2.72. The standard InChI is InChI=1S/C18H28N6/c1-18(2,14-22(3)4)13-19-15-7-9-16(10-8-15)20-21-17-23(5)11-12-24(17)6/h7-12H,13-14H2,1-6H3/p+1. The lowest BCUT2D eigenvalue weighted by atomic mass is 9.93. The first-order valence-electron chi connectivity index (χ1n) is 8.18. The fraction of sp³-hybridized carbons (Fsp3) is 0.500. The Morgan fingerprint density at radius 3 is 2.38 bits per heavy atom. The van der Waals surface area contributed by atoms with E-state index in [0.717, 1.165) is 30.4 Å². The molecule has 0 amide bonds. The molecule has 6 heteroatoms. The highest BCUT2D eigenvalue weighted by Crippen LogP contribution is 2.21. The SMILES string of the molecule is CN(C)CC(C)(C)CNc1ccc(/N=N/c2n(C)cc[n+]2C)cc1. The minimum Gasteiger partial charge on any atom is -0.384 e. The zero-order chi connectivity index (χ0) is 17.7. The number of aryl methyl sites for hydroxylation is 2. The maximum absolute atomic E-state index is 4.31. The molecule has 0 saturated heterocycles. The summed E-state index contributed by atoms with van der Waals surface area (Å²) in [6, 6.07) is 8.05. The van der Waals surface area contributed by atoms with Crippen molar-refractivity contribution < 1.29 is 4.57 Å². The molecule has 0 unspecified atom stereocenters. The van der Waals surface area contributed by atoms with Crippen molar-refractivity contribution in [2.45, 2.75) is 13.8 Å². The third kappa shape index (κ3) is 5.16. The second-order valence-corrected chi connectivity index (χ2v) is 7.32. The summed E-state index contributed by atoms with van der Waals surface area (Å²) in [6.07, 6.45) is 3.91. The minimum absolute atomic E-state index is 0.211. The highest BCUT2D eigenvalue weighted by atomic mass is 15.3. The van der Waals surface area contributed by atoms with Crippen LogP contribution in [-0.2, 0) is 14.1 Å². The summed E-state index contributed by atoms with van der Waals surface area (Å²) in [4.78, 5) is 2.22. The molecule has 0 radical (unpaired) electrons. The zero-order valence-corrected chi connectivity index (χ0v) is 15.6. The Morgan fingerprint density at radius 1 is 1.17 bits per heavy atom. The summed E-state index contributed by atoms with van der Waals surface area (Å²) in [5.41, 5.74) is 2.16. The van der Waals surface area contributed by atoms with E-state index in [1.54, 1.807) is 0 Å². The lowest BCUT2D eigenvalue weighted by Gasteiger charge is -2.28. The number of imidazole rings is 1. The van der Waals surface area contributed by atoms with Crippen LogP contribution in [-0.4, -0.2) is 36.7 Å². The quantitative estimate of drug-likeness (QED) is 0.626. The fourth-order valence-corrected chi connectivity index (χ4v) is 2.72. The molecule has 24 heavy (non-hydrogen) atoms. The van der Waals surface area contributed by atoms with E-state index in [4.69, 9.17) is 0 Å². The van der Waals surface area contributed by atoms with E-state index in [1.165, 1.54) is 0 Å². The van der Waals surface area contributed by atoms with Crippen molar-refractivity contribution in [1.82, 2.24) is 9.47 Å². The van der Waals surface area contributed by atoms with E-state index in [1.807, 2.05) is 59.9 Å². The summed E-state index contributed by atoms with van der Waals surface area (Å²) < 4.78 is 3.87. The Balaban J connectivity index is 1.96. The number of nitrogens with one attached hydrogen (secondary N) is 1. The number of benzene rings is 1. The lowest BCUT2D eigenvalue weighted by Crippen LogP contribution is -2.34. The van der Waals surface area contributed by atoms with E-state index >= 15 is 0 Å². The summed E-state index contributed by atoms with van der Waals surface area (Å²) in [7, 11) is 8.12. The molecule has 0 aliphatic carbocycles. The van der Waals surface area contributed by atoms with Crippen molar-refractivity contribution in [2.75, 3.05) is 32.5 Å². The molecule has 2 aromatic rings. The van der Waals surface area contributed by atoms with Crippen LogP contribution in [0.3, 0.4) is 0 Å². The molecule has 0 saturated carbocycles. The van der Waals surface area contributed by atoms with Crippen LogP contribution >= 0.6 is 0 Å². The summed E-state index contributed by atoms with van der Waals surface area (Å²) in [5.74, 6) is 0.808. The second-order valence-electron chi connectivity index (χ2n) is 7.32. The van der Waals surface area contributed by atoms with Gasteiger partial charge in [0.2, 0.25) is 0 Å². The number of azo groups is 1. The topological polar surface area (TPSA) is 48.8 Å². The number of hydrogen-bond donors (Lipinski definition) is 1. The molecule has 6 nitrogen and oxygen atoms in total.